The minimum atomic E-state index is -0.451. The van der Waals surface area contributed by atoms with Gasteiger partial charge in [0.1, 0.15) is 12.3 Å². The summed E-state index contributed by atoms with van der Waals surface area (Å²) >= 11 is 0. The van der Waals surface area contributed by atoms with E-state index in [-0.39, 0.29) is 12.6 Å². The molecule has 0 aliphatic rings. The van der Waals surface area contributed by atoms with Crippen molar-refractivity contribution in [2.75, 3.05) is 0 Å². The van der Waals surface area contributed by atoms with E-state index in [0.29, 0.717) is 0 Å². The highest BCUT2D eigenvalue weighted by Crippen LogP contribution is 2.13. The van der Waals surface area contributed by atoms with E-state index >= 15 is 0 Å². The second kappa shape index (κ2) is 6.30. The highest BCUT2D eigenvalue weighted by atomic mass is 16.5. The summed E-state index contributed by atoms with van der Waals surface area (Å²) in [6.07, 6.45) is 3.37. The smallest absolute Gasteiger partial charge is 0.407 e. The number of ether oxygens (including phenoxy) is 1. The number of hydrogen-bond acceptors (Lipinski definition) is 3. The van der Waals surface area contributed by atoms with E-state index in [9.17, 15) is 4.79 Å². The van der Waals surface area contributed by atoms with E-state index in [1.54, 1.807) is 0 Å². The molecule has 0 saturated heterocycles. The lowest BCUT2D eigenvalue weighted by Crippen LogP contribution is -2.27. The Morgan fingerprint density at radius 3 is 2.77 bits per heavy atom. The first kappa shape index (κ1) is 14.1. The number of nitrogens with zero attached hydrogens (tertiary/aromatic N) is 2. The van der Waals surface area contributed by atoms with E-state index in [0.717, 1.165) is 16.9 Å². The molecule has 1 N–H and O–H groups in total. The van der Waals surface area contributed by atoms with E-state index in [4.69, 9.17) is 4.74 Å². The van der Waals surface area contributed by atoms with Gasteiger partial charge in [-0.25, -0.2) is 9.78 Å². The van der Waals surface area contributed by atoms with E-state index < -0.39 is 6.09 Å². The number of carbonyl (C=O) groups excluding carboxylic acids is 1. The Kier molecular flexibility index (Phi) is 4.05. The average molecular weight is 295 g/mol. The number of hydrogen-bond donors (Lipinski definition) is 1. The minimum Gasteiger partial charge on any atom is -0.445 e. The van der Waals surface area contributed by atoms with Crippen molar-refractivity contribution in [3.8, 4) is 0 Å². The molecule has 5 heteroatoms. The van der Waals surface area contributed by atoms with Crippen LogP contribution in [-0.2, 0) is 11.3 Å². The maximum atomic E-state index is 11.8. The topological polar surface area (TPSA) is 55.6 Å². The van der Waals surface area contributed by atoms with Gasteiger partial charge >= 0.3 is 6.09 Å². The van der Waals surface area contributed by atoms with Gasteiger partial charge in [-0.05, 0) is 24.6 Å². The molecule has 0 spiro atoms. The fraction of sp³-hybridized carbons (Fsp3) is 0.176. The third-order valence-electron chi connectivity index (χ3n) is 3.37. The number of alkyl carbamates (subject to hydrolysis) is 1. The molecular formula is C17H17N3O2. The molecule has 1 amide bonds. The van der Waals surface area contributed by atoms with Gasteiger partial charge < -0.3 is 14.5 Å². The Hall–Kier alpha value is -2.82. The molecule has 1 atom stereocenters. The Morgan fingerprint density at radius 1 is 1.23 bits per heavy atom. The van der Waals surface area contributed by atoms with Crippen molar-refractivity contribution in [3.63, 3.8) is 0 Å². The van der Waals surface area contributed by atoms with Crippen molar-refractivity contribution >= 4 is 11.7 Å². The van der Waals surface area contributed by atoms with Crippen LogP contribution >= 0.6 is 0 Å². The molecule has 1 aromatic carbocycles. The first-order valence-corrected chi connectivity index (χ1v) is 7.13. The molecular weight excluding hydrogens is 278 g/mol. The number of fused-ring (bicyclic) bond motifs is 1. The molecule has 3 aromatic rings. The zero-order valence-electron chi connectivity index (χ0n) is 12.3. The average Bonchev–Trinajstić information content (AvgIpc) is 2.98. The van der Waals surface area contributed by atoms with Gasteiger partial charge in [0.2, 0.25) is 0 Å². The summed E-state index contributed by atoms with van der Waals surface area (Å²) in [5, 5.41) is 2.79. The molecule has 0 radical (unpaired) electrons. The monoisotopic (exact) mass is 295 g/mol. The zero-order valence-corrected chi connectivity index (χ0v) is 12.3. The molecule has 0 unspecified atom stereocenters. The van der Waals surface area contributed by atoms with Crippen molar-refractivity contribution in [2.45, 2.75) is 19.6 Å². The van der Waals surface area contributed by atoms with Gasteiger partial charge in [0.15, 0.2) is 0 Å². The molecule has 0 bridgehead atoms. The summed E-state index contributed by atoms with van der Waals surface area (Å²) in [6, 6.07) is 15.1. The van der Waals surface area contributed by atoms with Crippen LogP contribution in [0.4, 0.5) is 4.79 Å². The summed E-state index contributed by atoms with van der Waals surface area (Å²) in [7, 11) is 0. The quantitative estimate of drug-likeness (QED) is 0.803. The highest BCUT2D eigenvalue weighted by molar-refractivity contribution is 5.67. The number of amides is 1. The van der Waals surface area contributed by atoms with Crippen LogP contribution in [0.25, 0.3) is 5.65 Å². The number of pyridine rings is 1. The maximum Gasteiger partial charge on any atom is 0.407 e. The van der Waals surface area contributed by atoms with Gasteiger partial charge in [0.25, 0.3) is 0 Å². The van der Waals surface area contributed by atoms with Crippen molar-refractivity contribution in [2.24, 2.45) is 0 Å². The summed E-state index contributed by atoms with van der Waals surface area (Å²) in [5.41, 5.74) is 2.60. The third-order valence-corrected chi connectivity index (χ3v) is 3.37. The largest absolute Gasteiger partial charge is 0.445 e. The zero-order chi connectivity index (χ0) is 15.4. The van der Waals surface area contributed by atoms with Crippen molar-refractivity contribution < 1.29 is 9.53 Å². The third kappa shape index (κ3) is 3.25. The van der Waals surface area contributed by atoms with Crippen LogP contribution in [0.15, 0.2) is 60.9 Å². The van der Waals surface area contributed by atoms with Crippen molar-refractivity contribution in [1.29, 1.82) is 0 Å². The van der Waals surface area contributed by atoms with Crippen LogP contribution in [0, 0.1) is 0 Å². The standard InChI is InChI=1S/C17H17N3O2/c1-13(15-11-20-10-6-5-9-16(20)19-15)18-17(21)22-12-14-7-3-2-4-8-14/h2-11,13H,12H2,1H3,(H,18,21)/t13-/m1/s1. The SMILES string of the molecule is C[C@@H](NC(=O)OCc1ccccc1)c1cn2ccccc2n1. The first-order valence-electron chi connectivity index (χ1n) is 7.13. The lowest BCUT2D eigenvalue weighted by atomic mass is 10.2. The van der Waals surface area contributed by atoms with E-state index in [2.05, 4.69) is 10.3 Å². The lowest BCUT2D eigenvalue weighted by molar-refractivity contribution is 0.136. The molecule has 0 fully saturated rings. The van der Waals surface area contributed by atoms with Gasteiger partial charge in [0.05, 0.1) is 11.7 Å². The number of imidazole rings is 1. The number of aromatic nitrogens is 2. The van der Waals surface area contributed by atoms with Gasteiger partial charge in [-0.2, -0.15) is 0 Å². The molecule has 0 aliphatic heterocycles. The van der Waals surface area contributed by atoms with Crippen LogP contribution in [0.2, 0.25) is 0 Å². The van der Waals surface area contributed by atoms with Gasteiger partial charge in [-0.1, -0.05) is 36.4 Å². The molecule has 22 heavy (non-hydrogen) atoms. The second-order valence-electron chi connectivity index (χ2n) is 5.06. The van der Waals surface area contributed by atoms with Crippen LogP contribution in [-0.4, -0.2) is 15.5 Å². The Morgan fingerprint density at radius 2 is 2.00 bits per heavy atom. The predicted molar refractivity (Wildman–Crippen MR) is 83.4 cm³/mol. The van der Waals surface area contributed by atoms with Gasteiger partial charge in [-0.15, -0.1) is 0 Å². The molecule has 0 aliphatic carbocycles. The molecule has 3 rings (SSSR count). The molecule has 5 nitrogen and oxygen atoms in total. The molecule has 0 saturated carbocycles. The fourth-order valence-corrected chi connectivity index (χ4v) is 2.18. The predicted octanol–water partition coefficient (Wildman–Crippen LogP) is 3.32. The number of nitrogens with one attached hydrogen (secondary N) is 1. The van der Waals surface area contributed by atoms with Crippen molar-refractivity contribution in [1.82, 2.24) is 14.7 Å². The van der Waals surface area contributed by atoms with Crippen LogP contribution in [0.1, 0.15) is 24.2 Å². The van der Waals surface area contributed by atoms with Gasteiger partial charge in [-0.3, -0.25) is 0 Å². The second-order valence-corrected chi connectivity index (χ2v) is 5.06. The molecule has 112 valence electrons. The molecule has 2 aromatic heterocycles. The molecule has 2 heterocycles. The summed E-state index contributed by atoms with van der Waals surface area (Å²) in [5.74, 6) is 0. The minimum absolute atomic E-state index is 0.219. The Bertz CT molecular complexity index is 735. The summed E-state index contributed by atoms with van der Waals surface area (Å²) in [6.45, 7) is 2.14. The number of carbonyl (C=O) groups is 1. The van der Waals surface area contributed by atoms with Crippen LogP contribution < -0.4 is 5.32 Å². The normalized spacial score (nSPS) is 12.0. The summed E-state index contributed by atoms with van der Waals surface area (Å²) < 4.78 is 7.13. The lowest BCUT2D eigenvalue weighted by Gasteiger charge is -2.11. The van der Waals surface area contributed by atoms with Crippen LogP contribution in [0.5, 0.6) is 0 Å². The first-order chi connectivity index (χ1) is 10.7. The Balaban J connectivity index is 1.58. The number of benzene rings is 1. The highest BCUT2D eigenvalue weighted by Gasteiger charge is 2.13. The van der Waals surface area contributed by atoms with Crippen LogP contribution in [0.3, 0.4) is 0 Å². The van der Waals surface area contributed by atoms with Gasteiger partial charge in [0, 0.05) is 12.4 Å². The van der Waals surface area contributed by atoms with Crippen molar-refractivity contribution in [3.05, 3.63) is 72.2 Å². The fourth-order valence-electron chi connectivity index (χ4n) is 2.18. The van der Waals surface area contributed by atoms with E-state index in [1.807, 2.05) is 72.2 Å². The summed E-state index contributed by atoms with van der Waals surface area (Å²) in [4.78, 5) is 16.3. The number of rotatable bonds is 4. The Labute approximate surface area is 128 Å². The van der Waals surface area contributed by atoms with E-state index in [1.165, 1.54) is 0 Å². The maximum absolute atomic E-state index is 11.8.